The molecule has 0 heterocycles. The summed E-state index contributed by atoms with van der Waals surface area (Å²) in [7, 11) is -1.85. The van der Waals surface area contributed by atoms with Crippen LogP contribution in [0.3, 0.4) is 0 Å². The maximum atomic E-state index is 12.4. The Morgan fingerprint density at radius 3 is 2.38 bits per heavy atom. The van der Waals surface area contributed by atoms with Gasteiger partial charge in [-0.05, 0) is 49.2 Å². The minimum Gasteiger partial charge on any atom is -0.491 e. The molecule has 0 spiro atoms. The lowest BCUT2D eigenvalue weighted by Crippen LogP contribution is -2.39. The molecular formula is C21H28N2O5S. The van der Waals surface area contributed by atoms with Crippen LogP contribution in [0.5, 0.6) is 11.5 Å². The zero-order valence-corrected chi connectivity index (χ0v) is 18.0. The molecule has 2 aromatic rings. The number of hydrogen-bond donors (Lipinski definition) is 1. The van der Waals surface area contributed by atoms with E-state index in [2.05, 4.69) is 5.32 Å². The summed E-state index contributed by atoms with van der Waals surface area (Å²) >= 11 is 0. The number of benzene rings is 2. The Morgan fingerprint density at radius 2 is 1.79 bits per heavy atom. The largest absolute Gasteiger partial charge is 0.491 e. The molecule has 2 aromatic carbocycles. The number of carbonyl (C=O) groups is 1. The van der Waals surface area contributed by atoms with E-state index in [9.17, 15) is 13.2 Å². The van der Waals surface area contributed by atoms with E-state index in [-0.39, 0.29) is 5.91 Å². The van der Waals surface area contributed by atoms with Crippen LogP contribution in [0.15, 0.2) is 48.5 Å². The van der Waals surface area contributed by atoms with Crippen molar-refractivity contribution in [2.45, 2.75) is 26.4 Å². The molecule has 0 aliphatic heterocycles. The van der Waals surface area contributed by atoms with E-state index in [0.717, 1.165) is 17.6 Å². The van der Waals surface area contributed by atoms with E-state index in [4.69, 9.17) is 9.47 Å². The van der Waals surface area contributed by atoms with Crippen LogP contribution in [0.4, 0.5) is 5.69 Å². The first-order chi connectivity index (χ1) is 13.7. The first-order valence-electron chi connectivity index (χ1n) is 9.39. The smallest absolute Gasteiger partial charge is 0.261 e. The molecule has 0 fully saturated rings. The maximum Gasteiger partial charge on any atom is 0.261 e. The van der Waals surface area contributed by atoms with Crippen LogP contribution in [-0.2, 0) is 14.8 Å². The van der Waals surface area contributed by atoms with Gasteiger partial charge in [0.2, 0.25) is 10.0 Å². The molecule has 2 rings (SSSR count). The Hall–Kier alpha value is -2.74. The Labute approximate surface area is 172 Å². The van der Waals surface area contributed by atoms with Gasteiger partial charge < -0.3 is 14.8 Å². The molecule has 29 heavy (non-hydrogen) atoms. The fourth-order valence-electron chi connectivity index (χ4n) is 2.58. The molecule has 1 amide bonds. The van der Waals surface area contributed by atoms with Crippen molar-refractivity contribution in [3.05, 3.63) is 54.1 Å². The van der Waals surface area contributed by atoms with Crippen molar-refractivity contribution in [1.29, 1.82) is 0 Å². The van der Waals surface area contributed by atoms with Gasteiger partial charge in [-0.25, -0.2) is 8.42 Å². The second-order valence-corrected chi connectivity index (χ2v) is 8.66. The molecule has 0 unspecified atom stereocenters. The molecule has 0 bridgehead atoms. The minimum atomic E-state index is -3.33. The highest BCUT2D eigenvalue weighted by Gasteiger charge is 2.18. The van der Waals surface area contributed by atoms with Gasteiger partial charge >= 0.3 is 0 Å². The van der Waals surface area contributed by atoms with Gasteiger partial charge in [-0.3, -0.25) is 9.10 Å². The number of sulfonamides is 1. The van der Waals surface area contributed by atoms with Crippen molar-refractivity contribution in [1.82, 2.24) is 5.32 Å². The number of anilines is 1. The molecule has 0 saturated heterocycles. The zero-order chi connectivity index (χ0) is 21.4. The van der Waals surface area contributed by atoms with Crippen molar-refractivity contribution >= 4 is 21.6 Å². The average Bonchev–Trinajstić information content (AvgIpc) is 2.69. The van der Waals surface area contributed by atoms with Gasteiger partial charge in [0.1, 0.15) is 18.1 Å². The van der Waals surface area contributed by atoms with Gasteiger partial charge in [-0.15, -0.1) is 0 Å². The molecule has 8 heteroatoms. The predicted octanol–water partition coefficient (Wildman–Crippen LogP) is 2.74. The Morgan fingerprint density at radius 1 is 1.14 bits per heavy atom. The van der Waals surface area contributed by atoms with Crippen LogP contribution in [0.2, 0.25) is 0 Å². The number of nitrogens with one attached hydrogen (secondary N) is 1. The molecule has 1 N–H and O–H groups in total. The molecule has 0 saturated carbocycles. The Kier molecular flexibility index (Phi) is 7.90. The van der Waals surface area contributed by atoms with Gasteiger partial charge in [-0.1, -0.05) is 25.1 Å². The summed E-state index contributed by atoms with van der Waals surface area (Å²) in [6, 6.07) is 14.3. The minimum absolute atomic E-state index is 0.224. The fraction of sp³-hybridized carbons (Fsp3) is 0.381. The quantitative estimate of drug-likeness (QED) is 0.598. The average molecular weight is 421 g/mol. The lowest BCUT2D eigenvalue weighted by atomic mass is 10.2. The number of hydrogen-bond acceptors (Lipinski definition) is 5. The third-order valence-corrected chi connectivity index (χ3v) is 5.60. The summed E-state index contributed by atoms with van der Waals surface area (Å²) in [6.45, 7) is 4.55. The van der Waals surface area contributed by atoms with Crippen LogP contribution in [0, 0.1) is 6.92 Å². The Bertz CT molecular complexity index is 913. The van der Waals surface area contributed by atoms with Gasteiger partial charge in [-0.2, -0.15) is 0 Å². The van der Waals surface area contributed by atoms with Gasteiger partial charge in [0.05, 0.1) is 18.5 Å². The highest BCUT2D eigenvalue weighted by molar-refractivity contribution is 7.92. The third kappa shape index (κ3) is 6.67. The van der Waals surface area contributed by atoms with Crippen LogP contribution < -0.4 is 19.1 Å². The number of para-hydroxylation sites is 1. The van der Waals surface area contributed by atoms with Crippen LogP contribution in [-0.4, -0.2) is 46.9 Å². The van der Waals surface area contributed by atoms with Crippen molar-refractivity contribution in [3.63, 3.8) is 0 Å². The van der Waals surface area contributed by atoms with E-state index < -0.39 is 16.1 Å². The summed E-state index contributed by atoms with van der Waals surface area (Å²) in [6.07, 6.45) is 0.986. The molecule has 0 radical (unpaired) electrons. The summed E-state index contributed by atoms with van der Waals surface area (Å²) in [4.78, 5) is 12.4. The van der Waals surface area contributed by atoms with Crippen molar-refractivity contribution in [3.8, 4) is 11.5 Å². The SMILES string of the molecule is CC[C@@H](Oc1ccc(N(C)S(C)(=O)=O)cc1)C(=O)NCCOc1ccccc1C. The van der Waals surface area contributed by atoms with E-state index in [1.54, 1.807) is 24.3 Å². The van der Waals surface area contributed by atoms with E-state index in [0.29, 0.717) is 31.0 Å². The van der Waals surface area contributed by atoms with Crippen LogP contribution in [0.25, 0.3) is 0 Å². The number of ether oxygens (including phenoxy) is 2. The first-order valence-corrected chi connectivity index (χ1v) is 11.2. The van der Waals surface area contributed by atoms with Crippen molar-refractivity contribution in [2.24, 2.45) is 0 Å². The number of amides is 1. The number of aryl methyl sites for hydroxylation is 1. The van der Waals surface area contributed by atoms with Gasteiger partial charge in [0.25, 0.3) is 5.91 Å². The zero-order valence-electron chi connectivity index (χ0n) is 17.2. The Balaban J connectivity index is 1.85. The van der Waals surface area contributed by atoms with Crippen molar-refractivity contribution < 1.29 is 22.7 Å². The molecule has 1 atom stereocenters. The predicted molar refractivity (Wildman–Crippen MR) is 114 cm³/mol. The first kappa shape index (κ1) is 22.5. The second kappa shape index (κ2) is 10.2. The topological polar surface area (TPSA) is 84.9 Å². The van der Waals surface area contributed by atoms with Crippen molar-refractivity contribution in [2.75, 3.05) is 30.8 Å². The summed E-state index contributed by atoms with van der Waals surface area (Å²) in [5, 5.41) is 2.82. The lowest BCUT2D eigenvalue weighted by Gasteiger charge is -2.19. The monoisotopic (exact) mass is 420 g/mol. The fourth-order valence-corrected chi connectivity index (χ4v) is 3.08. The number of rotatable bonds is 10. The summed E-state index contributed by atoms with van der Waals surface area (Å²) < 4.78 is 35.8. The molecular weight excluding hydrogens is 392 g/mol. The second-order valence-electron chi connectivity index (χ2n) is 6.64. The lowest BCUT2D eigenvalue weighted by molar-refractivity contribution is -0.128. The van der Waals surface area contributed by atoms with Crippen LogP contribution in [0.1, 0.15) is 18.9 Å². The summed E-state index contributed by atoms with van der Waals surface area (Å²) in [5.74, 6) is 1.07. The molecule has 7 nitrogen and oxygen atoms in total. The number of nitrogens with zero attached hydrogens (tertiary/aromatic N) is 1. The summed E-state index contributed by atoms with van der Waals surface area (Å²) in [5.41, 5.74) is 1.56. The van der Waals surface area contributed by atoms with E-state index in [1.807, 2.05) is 38.1 Å². The number of carbonyl (C=O) groups excluding carboxylic acids is 1. The van der Waals surface area contributed by atoms with Gasteiger partial charge in [0.15, 0.2) is 6.10 Å². The van der Waals surface area contributed by atoms with Gasteiger partial charge in [0, 0.05) is 7.05 Å². The van der Waals surface area contributed by atoms with E-state index in [1.165, 1.54) is 11.4 Å². The standard InChI is InChI=1S/C21H28N2O5S/c1-5-19(21(24)22-14-15-27-20-9-7-6-8-16(20)2)28-18-12-10-17(11-13-18)23(3)29(4,25)26/h6-13,19H,5,14-15H2,1-4H3,(H,22,24)/t19-/m1/s1. The van der Waals surface area contributed by atoms with E-state index >= 15 is 0 Å². The normalized spacial score (nSPS) is 12.1. The third-order valence-electron chi connectivity index (χ3n) is 4.39. The maximum absolute atomic E-state index is 12.4. The van der Waals surface area contributed by atoms with Crippen LogP contribution >= 0.6 is 0 Å². The highest BCUT2D eigenvalue weighted by Crippen LogP contribution is 2.21. The molecule has 0 aromatic heterocycles. The molecule has 0 aliphatic rings. The molecule has 158 valence electrons. The highest BCUT2D eigenvalue weighted by atomic mass is 32.2. The molecule has 0 aliphatic carbocycles.